The molecule has 24 heavy (non-hydrogen) atoms. The Morgan fingerprint density at radius 1 is 0.458 bits per heavy atom. The molecule has 0 fully saturated rings. The monoisotopic (exact) mass is 322 g/mol. The Balaban J connectivity index is -0.000000129. The minimum Gasteiger partial charge on any atom is -0.0683 e. The van der Waals surface area contributed by atoms with E-state index in [1.165, 1.54) is 11.1 Å². The van der Waals surface area contributed by atoms with Gasteiger partial charge in [0.05, 0.1) is 0 Å². The van der Waals surface area contributed by atoms with Crippen molar-refractivity contribution < 1.29 is 0 Å². The van der Waals surface area contributed by atoms with Crippen LogP contribution in [0, 0.1) is 0 Å². The minimum atomic E-state index is 0. The average Bonchev–Trinajstić information content (AvgIpc) is 2.60. The maximum atomic E-state index is 2.20. The van der Waals surface area contributed by atoms with E-state index in [0.717, 1.165) is 0 Å². The van der Waals surface area contributed by atoms with Crippen molar-refractivity contribution in [2.24, 2.45) is 0 Å². The number of rotatable bonds is 2. The molecule has 0 aromatic heterocycles. The Morgan fingerprint density at radius 3 is 0.792 bits per heavy atom. The lowest BCUT2D eigenvalue weighted by Crippen LogP contribution is -1.83. The van der Waals surface area contributed by atoms with Gasteiger partial charge in [0.1, 0.15) is 0 Å². The SMILES string of the molecule is CC.CC.CC(C)c1ccccc1.CC(C)c1ccccc1.[B].[B]. The van der Waals surface area contributed by atoms with Crippen LogP contribution < -0.4 is 0 Å². The molecule has 0 aliphatic rings. The molecule has 2 aromatic carbocycles. The maximum Gasteiger partial charge on any atom is 0 e. The second-order valence-electron chi connectivity index (χ2n) is 5.13. The van der Waals surface area contributed by atoms with Crippen LogP contribution >= 0.6 is 0 Å². The molecule has 2 rings (SSSR count). The molecular weight excluding hydrogens is 286 g/mol. The van der Waals surface area contributed by atoms with E-state index in [-0.39, 0.29) is 16.8 Å². The molecule has 130 valence electrons. The molecule has 6 radical (unpaired) electrons. The van der Waals surface area contributed by atoms with Crippen molar-refractivity contribution in [2.45, 2.75) is 67.2 Å². The van der Waals surface area contributed by atoms with Crippen molar-refractivity contribution in [3.63, 3.8) is 0 Å². The van der Waals surface area contributed by atoms with Gasteiger partial charge < -0.3 is 0 Å². The third kappa shape index (κ3) is 15.5. The molecule has 0 spiro atoms. The standard InChI is InChI=1S/2C9H12.2C2H6.2B/c2*1-8(2)9-6-4-3-5-7-9;2*1-2;;/h2*3-8H,1-2H3;2*1-2H3;;. The molecule has 0 nitrogen and oxygen atoms in total. The summed E-state index contributed by atoms with van der Waals surface area (Å²) in [5.41, 5.74) is 2.83. The van der Waals surface area contributed by atoms with E-state index in [0.29, 0.717) is 11.8 Å². The van der Waals surface area contributed by atoms with Crippen LogP contribution in [0.2, 0.25) is 0 Å². The third-order valence-electron chi connectivity index (χ3n) is 2.93. The maximum absolute atomic E-state index is 2.20. The van der Waals surface area contributed by atoms with E-state index in [1.807, 2.05) is 39.8 Å². The third-order valence-corrected chi connectivity index (χ3v) is 2.93. The lowest BCUT2D eigenvalue weighted by atomic mass is 10.0. The zero-order valence-electron chi connectivity index (χ0n) is 17.1. The number of hydrogen-bond acceptors (Lipinski definition) is 0. The van der Waals surface area contributed by atoms with Gasteiger partial charge in [-0.05, 0) is 23.0 Å². The zero-order valence-corrected chi connectivity index (χ0v) is 17.1. The normalized spacial score (nSPS) is 8.08. The molecular formula is C22H36B2. The lowest BCUT2D eigenvalue weighted by molar-refractivity contribution is 0.867. The summed E-state index contributed by atoms with van der Waals surface area (Å²) in [4.78, 5) is 0. The quantitative estimate of drug-likeness (QED) is 0.527. The van der Waals surface area contributed by atoms with Gasteiger partial charge in [-0.1, -0.05) is 116 Å². The summed E-state index contributed by atoms with van der Waals surface area (Å²) < 4.78 is 0. The highest BCUT2D eigenvalue weighted by Gasteiger charge is 1.94. The molecule has 0 unspecified atom stereocenters. The number of benzene rings is 2. The van der Waals surface area contributed by atoms with Crippen molar-refractivity contribution in [2.75, 3.05) is 0 Å². The van der Waals surface area contributed by atoms with E-state index in [1.54, 1.807) is 0 Å². The Morgan fingerprint density at radius 2 is 0.667 bits per heavy atom. The Hall–Kier alpha value is -1.43. The van der Waals surface area contributed by atoms with Gasteiger partial charge in [0.2, 0.25) is 0 Å². The van der Waals surface area contributed by atoms with Crippen molar-refractivity contribution in [1.82, 2.24) is 0 Å². The summed E-state index contributed by atoms with van der Waals surface area (Å²) in [7, 11) is 0. The molecule has 0 aliphatic heterocycles. The molecule has 0 saturated heterocycles. The minimum absolute atomic E-state index is 0. The summed E-state index contributed by atoms with van der Waals surface area (Å²) in [5, 5.41) is 0. The van der Waals surface area contributed by atoms with E-state index in [9.17, 15) is 0 Å². The van der Waals surface area contributed by atoms with Crippen molar-refractivity contribution in [1.29, 1.82) is 0 Å². The molecule has 2 heteroatoms. The van der Waals surface area contributed by atoms with Gasteiger partial charge in [0.25, 0.3) is 0 Å². The van der Waals surface area contributed by atoms with Crippen molar-refractivity contribution in [3.8, 4) is 0 Å². The van der Waals surface area contributed by atoms with Gasteiger partial charge in [0, 0.05) is 16.8 Å². The molecule has 0 heterocycles. The van der Waals surface area contributed by atoms with Gasteiger partial charge in [-0.15, -0.1) is 0 Å². The molecule has 0 bridgehead atoms. The average molecular weight is 322 g/mol. The summed E-state index contributed by atoms with van der Waals surface area (Å²) in [6, 6.07) is 21.0. The van der Waals surface area contributed by atoms with Gasteiger partial charge in [-0.3, -0.25) is 0 Å². The highest BCUT2D eigenvalue weighted by Crippen LogP contribution is 2.12. The molecule has 0 aliphatic carbocycles. The van der Waals surface area contributed by atoms with Crippen LogP contribution in [0.1, 0.15) is 78.4 Å². The van der Waals surface area contributed by atoms with Crippen molar-refractivity contribution >= 4 is 16.8 Å². The molecule has 0 amide bonds. The van der Waals surface area contributed by atoms with Crippen LogP contribution in [0.25, 0.3) is 0 Å². The predicted octanol–water partition coefficient (Wildman–Crippen LogP) is 6.91. The smallest absolute Gasteiger partial charge is 0 e. The van der Waals surface area contributed by atoms with Crippen LogP contribution in [0.3, 0.4) is 0 Å². The van der Waals surface area contributed by atoms with Crippen LogP contribution in [-0.2, 0) is 0 Å². The first-order valence-corrected chi connectivity index (χ1v) is 8.71. The molecule has 0 saturated carbocycles. The fourth-order valence-corrected chi connectivity index (χ4v) is 1.68. The highest BCUT2D eigenvalue weighted by atomic mass is 14.0. The summed E-state index contributed by atoms with van der Waals surface area (Å²) >= 11 is 0. The first-order valence-electron chi connectivity index (χ1n) is 8.71. The first kappa shape index (κ1) is 30.5. The Labute approximate surface area is 156 Å². The summed E-state index contributed by atoms with van der Waals surface area (Å²) in [5.74, 6) is 1.32. The summed E-state index contributed by atoms with van der Waals surface area (Å²) in [6.45, 7) is 16.8. The second kappa shape index (κ2) is 21.6. The van der Waals surface area contributed by atoms with Gasteiger partial charge >= 0.3 is 0 Å². The van der Waals surface area contributed by atoms with Crippen LogP contribution in [0.5, 0.6) is 0 Å². The van der Waals surface area contributed by atoms with Crippen LogP contribution in [0.4, 0.5) is 0 Å². The molecule has 0 N–H and O–H groups in total. The van der Waals surface area contributed by atoms with Crippen molar-refractivity contribution in [3.05, 3.63) is 71.8 Å². The van der Waals surface area contributed by atoms with Crippen LogP contribution in [-0.4, -0.2) is 16.8 Å². The van der Waals surface area contributed by atoms with Gasteiger partial charge in [-0.2, -0.15) is 0 Å². The second-order valence-corrected chi connectivity index (χ2v) is 5.13. The number of hydrogen-bond donors (Lipinski definition) is 0. The predicted molar refractivity (Wildman–Crippen MR) is 115 cm³/mol. The fourth-order valence-electron chi connectivity index (χ4n) is 1.68. The zero-order chi connectivity index (χ0) is 17.4. The lowest BCUT2D eigenvalue weighted by Gasteiger charge is -2.01. The van der Waals surface area contributed by atoms with Gasteiger partial charge in [-0.25, -0.2) is 0 Å². The topological polar surface area (TPSA) is 0 Å². The van der Waals surface area contributed by atoms with E-state index in [2.05, 4.69) is 76.2 Å². The Bertz CT molecular complexity index is 379. The first-order chi connectivity index (χ1) is 10.6. The molecule has 0 atom stereocenters. The Kier molecular flexibility index (Phi) is 27.4. The highest BCUT2D eigenvalue weighted by molar-refractivity contribution is 5.76. The van der Waals surface area contributed by atoms with Gasteiger partial charge in [0.15, 0.2) is 0 Å². The molecule has 2 aromatic rings. The summed E-state index contributed by atoms with van der Waals surface area (Å²) in [6.07, 6.45) is 0. The van der Waals surface area contributed by atoms with E-state index in [4.69, 9.17) is 0 Å². The largest absolute Gasteiger partial charge is 0.0683 e. The fraction of sp³-hybridized carbons (Fsp3) is 0.455. The van der Waals surface area contributed by atoms with Crippen LogP contribution in [0.15, 0.2) is 60.7 Å². The van der Waals surface area contributed by atoms with E-state index >= 15 is 0 Å². The van der Waals surface area contributed by atoms with E-state index < -0.39 is 0 Å².